The first-order chi connectivity index (χ1) is 14.0. The van der Waals surface area contributed by atoms with Crippen LogP contribution in [0.25, 0.3) is 11.1 Å². The predicted molar refractivity (Wildman–Crippen MR) is 104 cm³/mol. The molecule has 0 heterocycles. The van der Waals surface area contributed by atoms with E-state index in [0.717, 1.165) is 11.1 Å². The highest BCUT2D eigenvalue weighted by molar-refractivity contribution is 5.96. The Labute approximate surface area is 165 Å². The lowest BCUT2D eigenvalue weighted by atomic mass is 10.1. The highest BCUT2D eigenvalue weighted by Crippen LogP contribution is 2.22. The standard InChI is InChI=1S/C22H17F2NO4/c23-22(24)29-19-9-5-4-8-18(19)21(27)28-14-20(26)25-17-12-10-16(11-13-17)15-6-2-1-3-7-15/h1-13,22H,14H2,(H,25,26). The number of alkyl halides is 2. The van der Waals surface area contributed by atoms with Crippen molar-refractivity contribution >= 4 is 17.6 Å². The zero-order valence-electron chi connectivity index (χ0n) is 15.2. The van der Waals surface area contributed by atoms with Gasteiger partial charge in [0.15, 0.2) is 6.61 Å². The van der Waals surface area contributed by atoms with Gasteiger partial charge in [-0.1, -0.05) is 54.6 Å². The van der Waals surface area contributed by atoms with E-state index in [-0.39, 0.29) is 11.3 Å². The van der Waals surface area contributed by atoms with Gasteiger partial charge in [0.1, 0.15) is 11.3 Å². The first-order valence-electron chi connectivity index (χ1n) is 8.69. The molecule has 29 heavy (non-hydrogen) atoms. The third-order valence-electron chi connectivity index (χ3n) is 3.93. The van der Waals surface area contributed by atoms with Gasteiger partial charge in [-0.2, -0.15) is 8.78 Å². The van der Waals surface area contributed by atoms with Gasteiger partial charge in [-0.15, -0.1) is 0 Å². The topological polar surface area (TPSA) is 64.6 Å². The summed E-state index contributed by atoms with van der Waals surface area (Å²) in [6.07, 6.45) is 0. The first-order valence-corrected chi connectivity index (χ1v) is 8.69. The monoisotopic (exact) mass is 397 g/mol. The molecule has 3 aromatic rings. The van der Waals surface area contributed by atoms with Crippen LogP contribution in [-0.2, 0) is 9.53 Å². The summed E-state index contributed by atoms with van der Waals surface area (Å²) in [6.45, 7) is -3.64. The lowest BCUT2D eigenvalue weighted by Gasteiger charge is -2.11. The zero-order valence-corrected chi connectivity index (χ0v) is 15.2. The molecular formula is C22H17F2NO4. The molecule has 7 heteroatoms. The molecule has 0 aliphatic carbocycles. The number of hydrogen-bond donors (Lipinski definition) is 1. The number of esters is 1. The Morgan fingerprint density at radius 3 is 2.14 bits per heavy atom. The number of ether oxygens (including phenoxy) is 2. The molecule has 5 nitrogen and oxygen atoms in total. The smallest absolute Gasteiger partial charge is 0.387 e. The summed E-state index contributed by atoms with van der Waals surface area (Å²) in [7, 11) is 0. The minimum Gasteiger partial charge on any atom is -0.452 e. The number of anilines is 1. The Hall–Kier alpha value is -3.74. The Morgan fingerprint density at radius 1 is 0.828 bits per heavy atom. The van der Waals surface area contributed by atoms with Crippen molar-refractivity contribution in [2.24, 2.45) is 0 Å². The second kappa shape index (κ2) is 9.45. The van der Waals surface area contributed by atoms with Gasteiger partial charge in [0.05, 0.1) is 0 Å². The van der Waals surface area contributed by atoms with Crippen LogP contribution in [0.5, 0.6) is 5.75 Å². The third-order valence-corrected chi connectivity index (χ3v) is 3.93. The predicted octanol–water partition coefficient (Wildman–Crippen LogP) is 4.75. The summed E-state index contributed by atoms with van der Waals surface area (Å²) in [5, 5.41) is 2.61. The van der Waals surface area contributed by atoms with Gasteiger partial charge in [0.2, 0.25) is 0 Å². The molecule has 0 bridgehead atoms. The van der Waals surface area contributed by atoms with Crippen LogP contribution in [0.1, 0.15) is 10.4 Å². The average molecular weight is 397 g/mol. The van der Waals surface area contributed by atoms with Crippen molar-refractivity contribution in [2.45, 2.75) is 6.61 Å². The third kappa shape index (κ3) is 5.62. The Balaban J connectivity index is 1.56. The second-order valence-corrected chi connectivity index (χ2v) is 5.94. The summed E-state index contributed by atoms with van der Waals surface area (Å²) in [5.41, 5.74) is 2.38. The van der Waals surface area contributed by atoms with Crippen molar-refractivity contribution in [1.29, 1.82) is 0 Å². The Bertz CT molecular complexity index is 976. The molecule has 0 saturated heterocycles. The molecule has 0 atom stereocenters. The van der Waals surface area contributed by atoms with Crippen LogP contribution in [0.15, 0.2) is 78.9 Å². The number of benzene rings is 3. The fourth-order valence-electron chi connectivity index (χ4n) is 2.62. The maximum atomic E-state index is 12.4. The number of halogens is 2. The van der Waals surface area contributed by atoms with E-state index in [1.54, 1.807) is 12.1 Å². The molecule has 0 fully saturated rings. The van der Waals surface area contributed by atoms with E-state index in [1.807, 2.05) is 42.5 Å². The quantitative estimate of drug-likeness (QED) is 0.585. The molecular weight excluding hydrogens is 380 g/mol. The normalized spacial score (nSPS) is 10.4. The van der Waals surface area contributed by atoms with Crippen LogP contribution in [0.3, 0.4) is 0 Å². The van der Waals surface area contributed by atoms with Crippen LogP contribution >= 0.6 is 0 Å². The molecule has 0 aliphatic rings. The van der Waals surface area contributed by atoms with E-state index in [1.165, 1.54) is 24.3 Å². The van der Waals surface area contributed by atoms with Gasteiger partial charge < -0.3 is 14.8 Å². The number of nitrogens with one attached hydrogen (secondary N) is 1. The summed E-state index contributed by atoms with van der Waals surface area (Å²) >= 11 is 0. The number of rotatable bonds is 7. The molecule has 0 aliphatic heterocycles. The van der Waals surface area contributed by atoms with Gasteiger partial charge in [0, 0.05) is 5.69 Å². The van der Waals surface area contributed by atoms with E-state index in [0.29, 0.717) is 5.69 Å². The number of hydrogen-bond acceptors (Lipinski definition) is 4. The van der Waals surface area contributed by atoms with Crippen LogP contribution in [0.4, 0.5) is 14.5 Å². The van der Waals surface area contributed by atoms with Crippen molar-refractivity contribution in [1.82, 2.24) is 0 Å². The first kappa shape index (κ1) is 20.0. The van der Waals surface area contributed by atoms with Crippen molar-refractivity contribution < 1.29 is 27.8 Å². The average Bonchev–Trinajstić information content (AvgIpc) is 2.73. The van der Waals surface area contributed by atoms with Crippen molar-refractivity contribution in [3.63, 3.8) is 0 Å². The maximum absolute atomic E-state index is 12.4. The van der Waals surface area contributed by atoms with Crippen molar-refractivity contribution in [2.75, 3.05) is 11.9 Å². The molecule has 148 valence electrons. The molecule has 0 radical (unpaired) electrons. The molecule has 0 aromatic heterocycles. The highest BCUT2D eigenvalue weighted by atomic mass is 19.3. The van der Waals surface area contributed by atoms with E-state index < -0.39 is 25.1 Å². The minimum atomic E-state index is -3.08. The summed E-state index contributed by atoms with van der Waals surface area (Å²) in [6, 6.07) is 22.3. The van der Waals surface area contributed by atoms with Crippen LogP contribution < -0.4 is 10.1 Å². The SMILES string of the molecule is O=C(COC(=O)c1ccccc1OC(F)F)Nc1ccc(-c2ccccc2)cc1. The van der Waals surface area contributed by atoms with Gasteiger partial charge in [-0.05, 0) is 35.4 Å². The van der Waals surface area contributed by atoms with E-state index >= 15 is 0 Å². The number of carbonyl (C=O) groups excluding carboxylic acids is 2. The second-order valence-electron chi connectivity index (χ2n) is 5.94. The van der Waals surface area contributed by atoms with Gasteiger partial charge in [0.25, 0.3) is 5.91 Å². The largest absolute Gasteiger partial charge is 0.452 e. The molecule has 0 spiro atoms. The van der Waals surface area contributed by atoms with Crippen LogP contribution in [0.2, 0.25) is 0 Å². The van der Waals surface area contributed by atoms with Gasteiger partial charge in [-0.3, -0.25) is 4.79 Å². The maximum Gasteiger partial charge on any atom is 0.387 e. The van der Waals surface area contributed by atoms with E-state index in [4.69, 9.17) is 4.74 Å². The van der Waals surface area contributed by atoms with Crippen LogP contribution in [0, 0.1) is 0 Å². The molecule has 0 saturated carbocycles. The Kier molecular flexibility index (Phi) is 6.52. The summed E-state index contributed by atoms with van der Waals surface area (Å²) in [5.74, 6) is -1.81. The van der Waals surface area contributed by atoms with Crippen molar-refractivity contribution in [3.8, 4) is 16.9 Å². The number of para-hydroxylation sites is 1. The molecule has 1 N–H and O–H groups in total. The molecule has 3 rings (SSSR count). The van der Waals surface area contributed by atoms with Crippen LogP contribution in [-0.4, -0.2) is 25.1 Å². The minimum absolute atomic E-state index is 0.187. The Morgan fingerprint density at radius 2 is 1.45 bits per heavy atom. The fourth-order valence-corrected chi connectivity index (χ4v) is 2.62. The lowest BCUT2D eigenvalue weighted by molar-refractivity contribution is -0.119. The molecule has 1 amide bonds. The molecule has 3 aromatic carbocycles. The zero-order chi connectivity index (χ0) is 20.6. The summed E-state index contributed by atoms with van der Waals surface area (Å²) < 4.78 is 34.0. The van der Waals surface area contributed by atoms with E-state index in [9.17, 15) is 18.4 Å². The fraction of sp³-hybridized carbons (Fsp3) is 0.0909. The molecule has 0 unspecified atom stereocenters. The number of amides is 1. The number of carbonyl (C=O) groups is 2. The van der Waals surface area contributed by atoms with Gasteiger partial charge in [-0.25, -0.2) is 4.79 Å². The summed E-state index contributed by atoms with van der Waals surface area (Å²) in [4.78, 5) is 24.1. The van der Waals surface area contributed by atoms with E-state index in [2.05, 4.69) is 10.1 Å². The highest BCUT2D eigenvalue weighted by Gasteiger charge is 2.17. The van der Waals surface area contributed by atoms with Crippen molar-refractivity contribution in [3.05, 3.63) is 84.4 Å². The van der Waals surface area contributed by atoms with Gasteiger partial charge >= 0.3 is 12.6 Å². The lowest BCUT2D eigenvalue weighted by Crippen LogP contribution is -2.21.